The molecule has 1 aliphatic carbocycles. The predicted octanol–water partition coefficient (Wildman–Crippen LogP) is 2.08. The van der Waals surface area contributed by atoms with Gasteiger partial charge in [-0.15, -0.1) is 0 Å². The molecule has 224 valence electrons. The van der Waals surface area contributed by atoms with Gasteiger partial charge in [0.2, 0.25) is 17.5 Å². The second-order valence-corrected chi connectivity index (χ2v) is 13.2. The lowest BCUT2D eigenvalue weighted by atomic mass is 9.72. The summed E-state index contributed by atoms with van der Waals surface area (Å²) in [6.07, 6.45) is 5.13. The van der Waals surface area contributed by atoms with E-state index in [1.807, 2.05) is 30.3 Å². The third kappa shape index (κ3) is 3.86. The molecule has 7 atom stereocenters. The number of carbonyl (C=O) groups excluding carboxylic acids is 3. The van der Waals surface area contributed by atoms with Gasteiger partial charge in [0.15, 0.2) is 0 Å². The van der Waals surface area contributed by atoms with Gasteiger partial charge < -0.3 is 25.2 Å². The fraction of sp³-hybridized carbons (Fsp3) is 0.485. The van der Waals surface area contributed by atoms with Crippen LogP contribution in [0.1, 0.15) is 48.8 Å². The van der Waals surface area contributed by atoms with Crippen LogP contribution in [0.25, 0.3) is 10.9 Å². The summed E-state index contributed by atoms with van der Waals surface area (Å²) in [7, 11) is 2.06. The summed E-state index contributed by atoms with van der Waals surface area (Å²) >= 11 is 0. The van der Waals surface area contributed by atoms with Gasteiger partial charge in [-0.2, -0.15) is 0 Å². The van der Waals surface area contributed by atoms with E-state index in [4.69, 9.17) is 4.74 Å². The largest absolute Gasteiger partial charge is 0.361 e. The van der Waals surface area contributed by atoms with Gasteiger partial charge in [-0.05, 0) is 62.4 Å². The topological polar surface area (TPSA) is 118 Å². The highest BCUT2D eigenvalue weighted by molar-refractivity contribution is 5.97. The van der Waals surface area contributed by atoms with Gasteiger partial charge >= 0.3 is 0 Å². The molecule has 10 nitrogen and oxygen atoms in total. The molecule has 0 unspecified atom stereocenters. The minimum Gasteiger partial charge on any atom is -0.361 e. The number of aromatic nitrogens is 1. The molecule has 1 aromatic heterocycles. The van der Waals surface area contributed by atoms with Crippen molar-refractivity contribution in [3.05, 3.63) is 71.4 Å². The Morgan fingerprint density at radius 1 is 1.16 bits per heavy atom. The number of ether oxygens (including phenoxy) is 1. The van der Waals surface area contributed by atoms with E-state index in [0.717, 1.165) is 17.5 Å². The summed E-state index contributed by atoms with van der Waals surface area (Å²) in [4.78, 5) is 50.4. The molecule has 3 aromatic rings. The van der Waals surface area contributed by atoms with Gasteiger partial charge in [0.25, 0.3) is 11.8 Å². The molecular weight excluding hydrogens is 546 g/mol. The molecule has 4 saturated heterocycles. The van der Waals surface area contributed by atoms with Crippen LogP contribution < -0.4 is 5.32 Å². The number of nitrogens with one attached hydrogen (secondary N) is 2. The summed E-state index contributed by atoms with van der Waals surface area (Å²) in [6.45, 7) is 2.56. The molecule has 2 aromatic carbocycles. The molecule has 0 spiro atoms. The maximum absolute atomic E-state index is 14.2. The molecule has 3 amide bonds. The second-order valence-electron chi connectivity index (χ2n) is 13.2. The normalized spacial score (nSPS) is 35.2. The molecule has 5 heterocycles. The van der Waals surface area contributed by atoms with E-state index in [0.29, 0.717) is 32.4 Å². The summed E-state index contributed by atoms with van der Waals surface area (Å²) in [6, 6.07) is 14.4. The Balaban J connectivity index is 1.08. The Hall–Kier alpha value is -3.73. The van der Waals surface area contributed by atoms with Gasteiger partial charge in [0, 0.05) is 48.6 Å². The van der Waals surface area contributed by atoms with Gasteiger partial charge in [-0.25, -0.2) is 0 Å². The summed E-state index contributed by atoms with van der Waals surface area (Å²) in [5.74, 6) is -3.31. The Bertz CT molecular complexity index is 1640. The van der Waals surface area contributed by atoms with Crippen LogP contribution in [0.2, 0.25) is 0 Å². The number of benzene rings is 2. The minimum atomic E-state index is -2.03. The Morgan fingerprint density at radius 3 is 2.79 bits per heavy atom. The van der Waals surface area contributed by atoms with Crippen molar-refractivity contribution in [3.8, 4) is 0 Å². The van der Waals surface area contributed by atoms with Crippen molar-refractivity contribution in [3.63, 3.8) is 0 Å². The van der Waals surface area contributed by atoms with Crippen LogP contribution in [-0.4, -0.2) is 92.4 Å². The van der Waals surface area contributed by atoms with Crippen LogP contribution in [-0.2, 0) is 32.0 Å². The number of nitrogens with zero attached hydrogens (tertiary/aromatic N) is 3. The fourth-order valence-corrected chi connectivity index (χ4v) is 8.65. The summed E-state index contributed by atoms with van der Waals surface area (Å²) in [5, 5.41) is 16.2. The number of amides is 3. The highest BCUT2D eigenvalue weighted by Gasteiger charge is 2.70. The SMILES string of the molecule is CN1C[C@H](C(=O)N[C@]2(C)O[C@]3(O)[C@@H]4CCCN4C(=O)[C@H](Cc4ccccc4)N3C2=O)C[C@@H]2c3cccc4[nH]cc(c34)C[C@@H]21. The van der Waals surface area contributed by atoms with Crippen LogP contribution >= 0.6 is 0 Å². The summed E-state index contributed by atoms with van der Waals surface area (Å²) in [5.41, 5.74) is 2.74. The molecule has 4 fully saturated rings. The number of likely N-dealkylation sites (tertiary alicyclic amines) is 1. The van der Waals surface area contributed by atoms with E-state index in [-0.39, 0.29) is 36.1 Å². The van der Waals surface area contributed by atoms with Crippen LogP contribution in [0.15, 0.2) is 54.7 Å². The average Bonchev–Trinajstić information content (AvgIpc) is 3.70. The quantitative estimate of drug-likeness (QED) is 0.433. The van der Waals surface area contributed by atoms with Gasteiger partial charge in [-0.1, -0.05) is 42.5 Å². The number of aromatic amines is 1. The van der Waals surface area contributed by atoms with Crippen molar-refractivity contribution >= 4 is 28.6 Å². The number of rotatable bonds is 4. The molecule has 8 rings (SSSR count). The number of fused-ring (bicyclic) bond motifs is 5. The monoisotopic (exact) mass is 583 g/mol. The number of hydrogen-bond acceptors (Lipinski definition) is 6. The predicted molar refractivity (Wildman–Crippen MR) is 157 cm³/mol. The standard InChI is InChI=1S/C33H37N5O5/c1-32(35-29(39)21-15-23-22-10-6-11-24-28(22)20(17-34-24)16-25(23)36(2)18-21)31(41)38-26(14-19-8-4-3-5-9-19)30(40)37-13-7-12-27(37)33(38,42)43-32/h3-6,8-11,17,21,23,25-27,34,42H,7,12-16,18H2,1-2H3,(H,35,39)/t21-,23-,25+,26+,27+,32-,33-/m1/s1. The van der Waals surface area contributed by atoms with Crippen molar-refractivity contribution < 1.29 is 24.2 Å². The van der Waals surface area contributed by atoms with E-state index >= 15 is 0 Å². The van der Waals surface area contributed by atoms with E-state index < -0.39 is 29.6 Å². The molecule has 10 heteroatoms. The van der Waals surface area contributed by atoms with Crippen LogP contribution in [0.3, 0.4) is 0 Å². The summed E-state index contributed by atoms with van der Waals surface area (Å²) < 4.78 is 6.25. The molecule has 0 bridgehead atoms. The van der Waals surface area contributed by atoms with Crippen LogP contribution in [0.4, 0.5) is 0 Å². The van der Waals surface area contributed by atoms with Gasteiger partial charge in [0.05, 0.1) is 5.92 Å². The Kier molecular flexibility index (Phi) is 5.86. The van der Waals surface area contributed by atoms with Crippen molar-refractivity contribution in [2.24, 2.45) is 5.92 Å². The maximum Gasteiger partial charge on any atom is 0.280 e. The number of H-pyrrole nitrogens is 1. The number of carbonyl (C=O) groups is 3. The van der Waals surface area contributed by atoms with Crippen LogP contribution in [0, 0.1) is 5.92 Å². The molecular formula is C33H37N5O5. The van der Waals surface area contributed by atoms with Crippen molar-refractivity contribution in [1.82, 2.24) is 25.0 Å². The lowest BCUT2D eigenvalue weighted by Crippen LogP contribution is -2.71. The highest BCUT2D eigenvalue weighted by Crippen LogP contribution is 2.47. The average molecular weight is 584 g/mol. The number of aliphatic hydroxyl groups is 1. The first kappa shape index (κ1) is 26.9. The smallest absolute Gasteiger partial charge is 0.280 e. The zero-order valence-corrected chi connectivity index (χ0v) is 24.5. The minimum absolute atomic E-state index is 0.171. The third-order valence-corrected chi connectivity index (χ3v) is 10.6. The van der Waals surface area contributed by atoms with Gasteiger partial charge in [0.1, 0.15) is 12.1 Å². The lowest BCUT2D eigenvalue weighted by molar-refractivity contribution is -0.315. The van der Waals surface area contributed by atoms with Crippen molar-refractivity contribution in [1.29, 1.82) is 0 Å². The maximum atomic E-state index is 14.2. The number of hydrogen-bond donors (Lipinski definition) is 3. The number of piperidine rings is 1. The number of piperazine rings is 1. The Labute approximate surface area is 250 Å². The van der Waals surface area contributed by atoms with Gasteiger partial charge in [-0.3, -0.25) is 24.0 Å². The van der Waals surface area contributed by atoms with Crippen LogP contribution in [0.5, 0.6) is 0 Å². The fourth-order valence-electron chi connectivity index (χ4n) is 8.65. The zero-order chi connectivity index (χ0) is 29.7. The van der Waals surface area contributed by atoms with Crippen molar-refractivity contribution in [2.45, 2.75) is 74.7 Å². The van der Waals surface area contributed by atoms with E-state index in [9.17, 15) is 19.5 Å². The molecule has 4 aliphatic heterocycles. The molecule has 3 N–H and O–H groups in total. The van der Waals surface area contributed by atoms with Crippen molar-refractivity contribution in [2.75, 3.05) is 20.1 Å². The molecule has 0 radical (unpaired) electrons. The number of likely N-dealkylation sites (N-methyl/N-ethyl adjacent to an activating group) is 1. The second kappa shape index (κ2) is 9.38. The molecule has 0 saturated carbocycles. The first-order valence-electron chi connectivity index (χ1n) is 15.4. The third-order valence-electron chi connectivity index (χ3n) is 10.6. The molecule has 43 heavy (non-hydrogen) atoms. The Morgan fingerprint density at radius 2 is 1.98 bits per heavy atom. The van der Waals surface area contributed by atoms with E-state index in [1.54, 1.807) is 4.90 Å². The van der Waals surface area contributed by atoms with E-state index in [1.165, 1.54) is 28.3 Å². The zero-order valence-electron chi connectivity index (χ0n) is 24.5. The first-order valence-corrected chi connectivity index (χ1v) is 15.4. The molecule has 5 aliphatic rings. The van der Waals surface area contributed by atoms with E-state index in [2.05, 4.69) is 46.6 Å². The first-order chi connectivity index (χ1) is 20.7. The lowest BCUT2D eigenvalue weighted by Gasteiger charge is -2.48. The highest BCUT2D eigenvalue weighted by atomic mass is 16.7.